The SMILES string of the molecule is c1cc(-c2cnc3nccnc3n2)cc(-c2cc(-c3ccc(-n4c5ccccc5c5ccccc54)cc3)c(-c3cccc(-c4cnc5nccnc5n4)c3)cc2-c2ccc(-n3c4ccccc4c4ccccc43)cc2)c1. The number of hydrogen-bond acceptors (Lipinski definition) is 8. The fraction of sp³-hybridized carbons (Fsp3) is 0. The van der Waals surface area contributed by atoms with Crippen molar-refractivity contribution in [3.63, 3.8) is 0 Å². The second-order valence-corrected chi connectivity index (χ2v) is 18.9. The van der Waals surface area contributed by atoms with Crippen LogP contribution in [0.25, 0.3) is 145 Å². The Hall–Kier alpha value is -10.6. The molecule has 0 saturated heterocycles. The Morgan fingerprint density at radius 3 is 0.961 bits per heavy atom. The molecule has 0 fully saturated rings. The minimum atomic E-state index is 0.496. The molecule has 15 rings (SSSR count). The van der Waals surface area contributed by atoms with Gasteiger partial charge in [0, 0.05) is 68.8 Å². The zero-order chi connectivity index (χ0) is 50.1. The summed E-state index contributed by atoms with van der Waals surface area (Å²) >= 11 is 0. The van der Waals surface area contributed by atoms with Crippen LogP contribution < -0.4 is 0 Å². The van der Waals surface area contributed by atoms with Gasteiger partial charge < -0.3 is 9.13 Å². The van der Waals surface area contributed by atoms with Gasteiger partial charge in [-0.3, -0.25) is 0 Å². The van der Waals surface area contributed by atoms with Crippen LogP contribution in [0, 0.1) is 0 Å². The summed E-state index contributed by atoms with van der Waals surface area (Å²) in [5.74, 6) is 0. The van der Waals surface area contributed by atoms with Gasteiger partial charge in [0.2, 0.25) is 0 Å². The number of rotatable bonds is 8. The maximum absolute atomic E-state index is 4.92. The molecule has 76 heavy (non-hydrogen) atoms. The highest BCUT2D eigenvalue weighted by Gasteiger charge is 2.20. The van der Waals surface area contributed by atoms with Crippen molar-refractivity contribution in [1.29, 1.82) is 0 Å². The van der Waals surface area contributed by atoms with Crippen LogP contribution in [0.4, 0.5) is 0 Å². The summed E-state index contributed by atoms with van der Waals surface area (Å²) in [7, 11) is 0. The Kier molecular flexibility index (Phi) is 9.95. The lowest BCUT2D eigenvalue weighted by Crippen LogP contribution is -1.97. The second-order valence-electron chi connectivity index (χ2n) is 18.9. The number of benzene rings is 9. The number of hydrogen-bond donors (Lipinski definition) is 0. The van der Waals surface area contributed by atoms with E-state index in [1.165, 1.54) is 21.5 Å². The lowest BCUT2D eigenvalue weighted by Gasteiger charge is -2.20. The van der Waals surface area contributed by atoms with Gasteiger partial charge in [-0.1, -0.05) is 133 Å². The molecule has 0 saturated carbocycles. The first-order chi connectivity index (χ1) is 37.7. The minimum Gasteiger partial charge on any atom is -0.309 e. The standard InChI is InChI=1S/C66H40N10/c1-5-19-59-49(15-1)50-16-2-6-20-60(50)75(59)47-27-23-41(24-28-47)53-37-56(44-12-10-14-46(36-44)58-40-72-64-66(74-58)70-34-32-68-64)54(38-55(53)43-11-9-13-45(35-43)57-39-71-63-65(73-57)69-33-31-67-63)42-25-29-48(30-26-42)76-61-21-7-3-17-51(61)52-18-4-8-22-62(52)76/h1-40H. The van der Waals surface area contributed by atoms with Crippen LogP contribution in [0.2, 0.25) is 0 Å². The van der Waals surface area contributed by atoms with Crippen LogP contribution in [-0.2, 0) is 0 Å². The number of aromatic nitrogens is 10. The second kappa shape index (κ2) is 17.6. The Labute approximate surface area is 435 Å². The van der Waals surface area contributed by atoms with E-state index in [1.54, 1.807) is 37.2 Å². The van der Waals surface area contributed by atoms with Crippen molar-refractivity contribution >= 4 is 66.2 Å². The molecule has 10 heteroatoms. The molecule has 15 aromatic rings. The molecule has 0 spiro atoms. The summed E-state index contributed by atoms with van der Waals surface area (Å²) in [6.07, 6.45) is 10.1. The van der Waals surface area contributed by atoms with Crippen molar-refractivity contribution in [2.24, 2.45) is 0 Å². The molecule has 0 N–H and O–H groups in total. The first-order valence-corrected chi connectivity index (χ1v) is 25.1. The van der Waals surface area contributed by atoms with Gasteiger partial charge in [0.15, 0.2) is 22.6 Å². The average molecular weight is 973 g/mol. The maximum atomic E-state index is 4.92. The number of fused-ring (bicyclic) bond motifs is 8. The topological polar surface area (TPSA) is 113 Å². The normalized spacial score (nSPS) is 11.7. The van der Waals surface area contributed by atoms with E-state index < -0.39 is 0 Å². The third-order valence-electron chi connectivity index (χ3n) is 14.5. The van der Waals surface area contributed by atoms with Crippen LogP contribution in [-0.4, -0.2) is 49.0 Å². The molecule has 10 nitrogen and oxygen atoms in total. The Balaban J connectivity index is 0.949. The van der Waals surface area contributed by atoms with Crippen molar-refractivity contribution < 1.29 is 0 Å². The molecule has 0 amide bonds. The summed E-state index contributed by atoms with van der Waals surface area (Å²) in [5, 5.41) is 4.89. The van der Waals surface area contributed by atoms with E-state index in [-0.39, 0.29) is 0 Å². The highest BCUT2D eigenvalue weighted by molar-refractivity contribution is 6.10. The van der Waals surface area contributed by atoms with Crippen molar-refractivity contribution in [3.05, 3.63) is 243 Å². The Morgan fingerprint density at radius 1 is 0.250 bits per heavy atom. The van der Waals surface area contributed by atoms with Gasteiger partial charge in [-0.25, -0.2) is 39.9 Å². The van der Waals surface area contributed by atoms with Gasteiger partial charge in [0.25, 0.3) is 0 Å². The van der Waals surface area contributed by atoms with Crippen LogP contribution in [0.5, 0.6) is 0 Å². The van der Waals surface area contributed by atoms with Crippen molar-refractivity contribution in [1.82, 2.24) is 49.0 Å². The van der Waals surface area contributed by atoms with Gasteiger partial charge in [0.1, 0.15) is 0 Å². The molecule has 0 aliphatic carbocycles. The van der Waals surface area contributed by atoms with Gasteiger partial charge in [0.05, 0.1) is 45.8 Å². The van der Waals surface area contributed by atoms with Crippen molar-refractivity contribution in [2.45, 2.75) is 0 Å². The van der Waals surface area contributed by atoms with Gasteiger partial charge in [-0.2, -0.15) is 0 Å². The molecule has 6 aromatic heterocycles. The fourth-order valence-corrected chi connectivity index (χ4v) is 11.0. The molecule has 9 aromatic carbocycles. The number of para-hydroxylation sites is 4. The maximum Gasteiger partial charge on any atom is 0.198 e. The van der Waals surface area contributed by atoms with Gasteiger partial charge >= 0.3 is 0 Å². The molecule has 0 bridgehead atoms. The molecular weight excluding hydrogens is 933 g/mol. The summed E-state index contributed by atoms with van der Waals surface area (Å²) in [6, 6.07) is 74.3. The molecule has 6 heterocycles. The monoisotopic (exact) mass is 972 g/mol. The number of nitrogens with zero attached hydrogens (tertiary/aromatic N) is 10. The fourth-order valence-electron chi connectivity index (χ4n) is 11.0. The molecule has 0 atom stereocenters. The zero-order valence-corrected chi connectivity index (χ0v) is 40.6. The van der Waals surface area contributed by atoms with Gasteiger partial charge in [-0.15, -0.1) is 0 Å². The average Bonchev–Trinajstić information content (AvgIpc) is 4.07. The van der Waals surface area contributed by atoms with E-state index in [0.29, 0.717) is 34.0 Å². The lowest BCUT2D eigenvalue weighted by atomic mass is 9.85. The summed E-state index contributed by atoms with van der Waals surface area (Å²) in [4.78, 5) is 36.8. The van der Waals surface area contributed by atoms with Crippen molar-refractivity contribution in [3.8, 4) is 78.4 Å². The van der Waals surface area contributed by atoms with E-state index in [9.17, 15) is 0 Å². The third kappa shape index (κ3) is 7.19. The highest BCUT2D eigenvalue weighted by Crippen LogP contribution is 2.45. The van der Waals surface area contributed by atoms with Crippen molar-refractivity contribution in [2.75, 3.05) is 0 Å². The van der Waals surface area contributed by atoms with Crippen LogP contribution >= 0.6 is 0 Å². The first kappa shape index (κ1) is 43.0. The quantitative estimate of drug-likeness (QED) is 0.148. The molecule has 0 aliphatic rings. The van der Waals surface area contributed by atoms with Gasteiger partial charge in [-0.05, 0) is 117 Å². The molecule has 0 radical (unpaired) electrons. The van der Waals surface area contributed by atoms with E-state index >= 15 is 0 Å². The Morgan fingerprint density at radius 2 is 0.579 bits per heavy atom. The summed E-state index contributed by atoms with van der Waals surface area (Å²) in [6.45, 7) is 0. The van der Waals surface area contributed by atoms with E-state index in [1.807, 2.05) is 0 Å². The third-order valence-corrected chi connectivity index (χ3v) is 14.5. The predicted octanol–water partition coefficient (Wildman–Crippen LogP) is 15.3. The smallest absolute Gasteiger partial charge is 0.198 e. The Bertz CT molecular complexity index is 4360. The van der Waals surface area contributed by atoms with Crippen LogP contribution in [0.3, 0.4) is 0 Å². The lowest BCUT2D eigenvalue weighted by molar-refractivity contribution is 1.16. The van der Waals surface area contributed by atoms with E-state index in [2.05, 4.69) is 245 Å². The molecular formula is C66H40N10. The molecule has 0 aliphatic heterocycles. The molecule has 0 unspecified atom stereocenters. The van der Waals surface area contributed by atoms with Crippen LogP contribution in [0.15, 0.2) is 243 Å². The minimum absolute atomic E-state index is 0.496. The van der Waals surface area contributed by atoms with E-state index in [4.69, 9.17) is 9.97 Å². The zero-order valence-electron chi connectivity index (χ0n) is 40.6. The van der Waals surface area contributed by atoms with Crippen LogP contribution in [0.1, 0.15) is 0 Å². The first-order valence-electron chi connectivity index (χ1n) is 25.1. The summed E-state index contributed by atoms with van der Waals surface area (Å²) in [5.41, 5.74) is 20.5. The molecule has 354 valence electrons. The highest BCUT2D eigenvalue weighted by atomic mass is 15.0. The summed E-state index contributed by atoms with van der Waals surface area (Å²) < 4.78 is 4.72. The predicted molar refractivity (Wildman–Crippen MR) is 305 cm³/mol. The largest absolute Gasteiger partial charge is 0.309 e. The van der Waals surface area contributed by atoms with E-state index in [0.717, 1.165) is 89.1 Å².